The number of furan rings is 1. The zero-order valence-corrected chi connectivity index (χ0v) is 19.0. The standard InChI is InChI=1S/C21H14Cl2N4O2S2/c22-13-8-9-16(15(23)11-13)29-12-18-25-27-20(31-18)24-19(17-7-4-10-28-17)26(21(27)30)14-5-2-1-3-6-14/h1-11,20H,12H2. The zero-order valence-electron chi connectivity index (χ0n) is 15.8. The molecule has 31 heavy (non-hydrogen) atoms. The predicted molar refractivity (Wildman–Crippen MR) is 129 cm³/mol. The minimum Gasteiger partial charge on any atom is -0.485 e. The van der Waals surface area contributed by atoms with Crippen LogP contribution in [0.25, 0.3) is 0 Å². The first-order valence-corrected chi connectivity index (χ1v) is 11.3. The molecule has 0 aliphatic carbocycles. The Kier molecular flexibility index (Phi) is 5.62. The van der Waals surface area contributed by atoms with Gasteiger partial charge in [-0.2, -0.15) is 5.10 Å². The van der Waals surface area contributed by atoms with Gasteiger partial charge in [0.1, 0.15) is 17.4 Å². The molecule has 3 aromatic rings. The van der Waals surface area contributed by atoms with Crippen LogP contribution in [-0.2, 0) is 0 Å². The van der Waals surface area contributed by atoms with Crippen LogP contribution in [0.2, 0.25) is 10.0 Å². The highest BCUT2D eigenvalue weighted by Gasteiger charge is 2.40. The first-order valence-electron chi connectivity index (χ1n) is 9.22. The molecule has 2 aliphatic rings. The zero-order chi connectivity index (χ0) is 21.4. The molecular formula is C21H14Cl2N4O2S2. The maximum absolute atomic E-state index is 6.20. The molecule has 0 saturated carbocycles. The topological polar surface area (TPSA) is 53.6 Å². The number of benzene rings is 2. The maximum Gasteiger partial charge on any atom is 0.205 e. The third-order valence-electron chi connectivity index (χ3n) is 4.50. The van der Waals surface area contributed by atoms with Gasteiger partial charge in [0.2, 0.25) is 5.11 Å². The fourth-order valence-corrected chi connectivity index (χ4v) is 4.89. The van der Waals surface area contributed by atoms with Crippen molar-refractivity contribution in [3.05, 3.63) is 82.7 Å². The first-order chi connectivity index (χ1) is 15.1. The average Bonchev–Trinajstić information content (AvgIpc) is 3.44. The lowest BCUT2D eigenvalue weighted by Gasteiger charge is -2.35. The Bertz CT molecular complexity index is 1190. The van der Waals surface area contributed by atoms with Crippen LogP contribution in [0.15, 0.2) is 81.4 Å². The summed E-state index contributed by atoms with van der Waals surface area (Å²) in [5, 5.41) is 8.58. The Hall–Kier alpha value is -2.52. The molecule has 5 rings (SSSR count). The Morgan fingerprint density at radius 1 is 1.10 bits per heavy atom. The number of para-hydroxylation sites is 1. The monoisotopic (exact) mass is 488 g/mol. The van der Waals surface area contributed by atoms with E-state index in [2.05, 4.69) is 5.10 Å². The highest BCUT2D eigenvalue weighted by Crippen LogP contribution is 2.35. The number of nitrogens with zero attached hydrogens (tertiary/aromatic N) is 4. The molecule has 1 aromatic heterocycles. The van der Waals surface area contributed by atoms with Crippen LogP contribution in [0.1, 0.15) is 5.76 Å². The molecule has 2 aliphatic heterocycles. The van der Waals surface area contributed by atoms with Crippen molar-refractivity contribution in [1.82, 2.24) is 5.01 Å². The minimum absolute atomic E-state index is 0.235. The van der Waals surface area contributed by atoms with E-state index in [1.807, 2.05) is 47.4 Å². The van der Waals surface area contributed by atoms with E-state index >= 15 is 0 Å². The molecule has 0 spiro atoms. The molecule has 2 aromatic carbocycles. The van der Waals surface area contributed by atoms with Crippen LogP contribution in [0, 0.1) is 0 Å². The quantitative estimate of drug-likeness (QED) is 0.419. The van der Waals surface area contributed by atoms with E-state index in [1.165, 1.54) is 11.8 Å². The number of amidine groups is 1. The molecule has 0 saturated heterocycles. The third kappa shape index (κ3) is 4.04. The van der Waals surface area contributed by atoms with E-state index in [4.69, 9.17) is 49.6 Å². The van der Waals surface area contributed by atoms with E-state index in [0.717, 1.165) is 10.7 Å². The second-order valence-corrected chi connectivity index (χ2v) is 8.87. The molecule has 0 N–H and O–H groups in total. The highest BCUT2D eigenvalue weighted by atomic mass is 35.5. The van der Waals surface area contributed by atoms with Crippen LogP contribution in [-0.4, -0.2) is 33.1 Å². The Labute approximate surface area is 198 Å². The summed E-state index contributed by atoms with van der Waals surface area (Å²) in [6, 6.07) is 18.5. The maximum atomic E-state index is 6.20. The molecule has 0 radical (unpaired) electrons. The number of fused-ring (bicyclic) bond motifs is 1. The van der Waals surface area contributed by atoms with Gasteiger partial charge < -0.3 is 9.15 Å². The summed E-state index contributed by atoms with van der Waals surface area (Å²) in [5.41, 5.74) is 0.533. The number of thioether (sulfide) groups is 1. The van der Waals surface area contributed by atoms with Crippen molar-refractivity contribution >= 4 is 68.9 Å². The Morgan fingerprint density at radius 3 is 2.68 bits per heavy atom. The third-order valence-corrected chi connectivity index (χ3v) is 6.39. The van der Waals surface area contributed by atoms with Crippen molar-refractivity contribution in [2.75, 3.05) is 11.5 Å². The van der Waals surface area contributed by atoms with Crippen LogP contribution >= 0.6 is 47.2 Å². The van der Waals surface area contributed by atoms with Crippen molar-refractivity contribution in [1.29, 1.82) is 0 Å². The number of thiocarbonyl (C=S) groups is 1. The summed E-state index contributed by atoms with van der Waals surface area (Å²) in [6.07, 6.45) is 1.61. The molecule has 6 nitrogen and oxygen atoms in total. The van der Waals surface area contributed by atoms with Crippen molar-refractivity contribution in [3.63, 3.8) is 0 Å². The number of anilines is 1. The molecule has 3 heterocycles. The van der Waals surface area contributed by atoms with E-state index in [9.17, 15) is 0 Å². The normalized spacial score (nSPS) is 18.0. The molecule has 10 heteroatoms. The summed E-state index contributed by atoms with van der Waals surface area (Å²) in [6.45, 7) is 0.235. The van der Waals surface area contributed by atoms with Gasteiger partial charge in [0.25, 0.3) is 0 Å². The Balaban J connectivity index is 1.42. The summed E-state index contributed by atoms with van der Waals surface area (Å²) >= 11 is 19.4. The molecule has 0 fully saturated rings. The van der Waals surface area contributed by atoms with Gasteiger partial charge in [-0.3, -0.25) is 4.90 Å². The van der Waals surface area contributed by atoms with Crippen LogP contribution in [0.4, 0.5) is 5.69 Å². The number of aliphatic imine (C=N–C) groups is 1. The average molecular weight is 489 g/mol. The van der Waals surface area contributed by atoms with Crippen molar-refractivity contribution in [2.45, 2.75) is 5.50 Å². The van der Waals surface area contributed by atoms with Gasteiger partial charge in [-0.15, -0.1) is 0 Å². The van der Waals surface area contributed by atoms with Crippen LogP contribution in [0.3, 0.4) is 0 Å². The number of hydrazone groups is 1. The lowest BCUT2D eigenvalue weighted by Crippen LogP contribution is -2.50. The minimum atomic E-state index is -0.341. The number of hydrogen-bond acceptors (Lipinski definition) is 6. The van der Waals surface area contributed by atoms with Gasteiger partial charge in [-0.25, -0.2) is 10.0 Å². The molecule has 1 atom stereocenters. The number of hydrogen-bond donors (Lipinski definition) is 0. The van der Waals surface area contributed by atoms with E-state index < -0.39 is 0 Å². The summed E-state index contributed by atoms with van der Waals surface area (Å²) < 4.78 is 11.5. The number of halogens is 2. The van der Waals surface area contributed by atoms with E-state index in [-0.39, 0.29) is 12.1 Å². The largest absolute Gasteiger partial charge is 0.485 e. The number of rotatable bonds is 5. The second-order valence-electron chi connectivity index (χ2n) is 6.53. The van der Waals surface area contributed by atoms with E-state index in [0.29, 0.717) is 32.5 Å². The smallest absolute Gasteiger partial charge is 0.205 e. The fraction of sp³-hybridized carbons (Fsp3) is 0.0952. The van der Waals surface area contributed by atoms with Gasteiger partial charge in [-0.1, -0.05) is 53.2 Å². The van der Waals surface area contributed by atoms with Crippen molar-refractivity contribution in [3.8, 4) is 5.75 Å². The summed E-state index contributed by atoms with van der Waals surface area (Å²) in [7, 11) is 0. The van der Waals surface area contributed by atoms with Gasteiger partial charge in [-0.05, 0) is 54.7 Å². The molecule has 156 valence electrons. The predicted octanol–water partition coefficient (Wildman–Crippen LogP) is 5.86. The Morgan fingerprint density at radius 2 is 1.94 bits per heavy atom. The van der Waals surface area contributed by atoms with Crippen molar-refractivity contribution < 1.29 is 9.15 Å². The van der Waals surface area contributed by atoms with Crippen LogP contribution < -0.4 is 9.64 Å². The molecule has 0 amide bonds. The molecule has 1 unspecified atom stereocenters. The summed E-state index contributed by atoms with van der Waals surface area (Å²) in [4.78, 5) is 6.72. The molecule has 0 bridgehead atoms. The fourth-order valence-electron chi connectivity index (χ4n) is 3.12. The van der Waals surface area contributed by atoms with Gasteiger partial charge in [0.15, 0.2) is 17.1 Å². The van der Waals surface area contributed by atoms with Gasteiger partial charge in [0.05, 0.1) is 17.0 Å². The number of ether oxygens (including phenoxy) is 1. The highest BCUT2D eigenvalue weighted by molar-refractivity contribution is 8.14. The lowest BCUT2D eigenvalue weighted by molar-refractivity contribution is 0.374. The lowest BCUT2D eigenvalue weighted by atomic mass is 10.2. The van der Waals surface area contributed by atoms with E-state index in [1.54, 1.807) is 29.5 Å². The van der Waals surface area contributed by atoms with Gasteiger partial charge >= 0.3 is 0 Å². The summed E-state index contributed by atoms with van der Waals surface area (Å²) in [5.74, 6) is 1.80. The first kappa shape index (κ1) is 20.4. The van der Waals surface area contributed by atoms with Crippen molar-refractivity contribution in [2.24, 2.45) is 10.1 Å². The van der Waals surface area contributed by atoms with Gasteiger partial charge in [0, 0.05) is 5.02 Å². The molecular weight excluding hydrogens is 475 g/mol. The SMILES string of the molecule is S=C1N(c2ccccc2)C(c2ccco2)=NC2SC(COc3ccc(Cl)cc3Cl)=NN12. The second kappa shape index (κ2) is 8.55. The van der Waals surface area contributed by atoms with Crippen LogP contribution in [0.5, 0.6) is 5.75 Å².